The number of ketones is 1. The van der Waals surface area contributed by atoms with Crippen molar-refractivity contribution in [2.75, 3.05) is 0 Å². The Morgan fingerprint density at radius 3 is 2.17 bits per heavy atom. The second-order valence-corrected chi connectivity index (χ2v) is 10.7. The molecule has 177 valence electrons. The van der Waals surface area contributed by atoms with Gasteiger partial charge in [0.25, 0.3) is 5.78 Å². The number of hydrogen-bond acceptors (Lipinski definition) is 4. The number of fused-ring (bicyclic) bond motifs is 1. The van der Waals surface area contributed by atoms with Crippen LogP contribution in [-0.2, 0) is 15.5 Å². The van der Waals surface area contributed by atoms with E-state index in [9.17, 15) is 18.7 Å². The molecule has 3 aromatic rings. The van der Waals surface area contributed by atoms with E-state index in [1.165, 1.54) is 12.1 Å². The monoisotopic (exact) mass is 485 g/mol. The third-order valence-electron chi connectivity index (χ3n) is 6.18. The molecular weight excluding hydrogens is 460 g/mol. The maximum atomic E-state index is 13.2. The zero-order valence-corrected chi connectivity index (χ0v) is 20.5. The fraction of sp³-hybridized carbons (Fsp3) is 0.214. The summed E-state index contributed by atoms with van der Waals surface area (Å²) in [5.41, 5.74) is 11.1. The van der Waals surface area contributed by atoms with Crippen LogP contribution in [0.5, 0.6) is 5.75 Å². The van der Waals surface area contributed by atoms with Crippen molar-refractivity contribution in [1.82, 2.24) is 0 Å². The highest BCUT2D eigenvalue weighted by Gasteiger charge is 2.36. The minimum absolute atomic E-state index is 0.130. The molecule has 1 unspecified atom stereocenters. The van der Waals surface area contributed by atoms with E-state index in [0.717, 1.165) is 23.6 Å². The van der Waals surface area contributed by atoms with Gasteiger partial charge in [0.1, 0.15) is 10.7 Å². The van der Waals surface area contributed by atoms with Crippen molar-refractivity contribution < 1.29 is 22.2 Å². The van der Waals surface area contributed by atoms with Crippen LogP contribution in [0.25, 0.3) is 10.4 Å². The van der Waals surface area contributed by atoms with Crippen LogP contribution < -0.4 is 4.18 Å². The van der Waals surface area contributed by atoms with Gasteiger partial charge < -0.3 is 9.71 Å². The lowest BCUT2D eigenvalue weighted by Gasteiger charge is -2.33. The molecule has 3 aromatic carbocycles. The zero-order valence-electron chi connectivity index (χ0n) is 19.7. The largest absolute Gasteiger partial charge is 0.379 e. The van der Waals surface area contributed by atoms with Gasteiger partial charge in [-0.05, 0) is 41.7 Å². The molecule has 0 amide bonds. The predicted octanol–water partition coefficient (Wildman–Crippen LogP) is 5.46. The van der Waals surface area contributed by atoms with E-state index in [2.05, 4.69) is 31.6 Å². The Bertz CT molecular complexity index is 1450. The Morgan fingerprint density at radius 2 is 1.57 bits per heavy atom. The van der Waals surface area contributed by atoms with Crippen LogP contribution in [0.4, 0.5) is 0 Å². The SMILES string of the molecule is CC(C)CC(C)(c1cc[c]cc1)c1ccc(OS(=O)(=O)C2=CC(=[N+]=[N-])C(=O)c3ccccc32)cc1. The molecule has 0 spiro atoms. The van der Waals surface area contributed by atoms with Crippen LogP contribution >= 0.6 is 0 Å². The predicted molar refractivity (Wildman–Crippen MR) is 135 cm³/mol. The van der Waals surface area contributed by atoms with Crippen LogP contribution in [0, 0.1) is 12.0 Å². The first-order chi connectivity index (χ1) is 16.7. The summed E-state index contributed by atoms with van der Waals surface area (Å²) in [6.07, 6.45) is 1.93. The molecule has 0 aromatic heterocycles. The normalized spacial score (nSPS) is 15.1. The lowest BCUT2D eigenvalue weighted by Crippen LogP contribution is -2.26. The molecule has 0 aliphatic heterocycles. The van der Waals surface area contributed by atoms with Crippen molar-refractivity contribution in [3.63, 3.8) is 0 Å². The molecule has 0 fully saturated rings. The molecule has 1 aliphatic rings. The standard InChI is InChI=1S/C28H25N2O4S/c1-19(2)18-28(3,20-9-5-4-6-10-20)21-13-15-22(16-14-21)34-35(32,33)26-17-25(30-29)27(31)24-12-8-7-11-23(24)26/h5-17,19H,18H2,1-3H3. The highest BCUT2D eigenvalue weighted by atomic mass is 32.2. The van der Waals surface area contributed by atoms with E-state index in [1.54, 1.807) is 24.3 Å². The van der Waals surface area contributed by atoms with Crippen LogP contribution in [0.3, 0.4) is 0 Å². The van der Waals surface area contributed by atoms with E-state index >= 15 is 0 Å². The van der Waals surface area contributed by atoms with Crippen molar-refractivity contribution in [3.8, 4) is 5.75 Å². The molecule has 4 rings (SSSR count). The Labute approximate surface area is 205 Å². The van der Waals surface area contributed by atoms with Crippen molar-refractivity contribution >= 4 is 26.5 Å². The van der Waals surface area contributed by atoms with Crippen LogP contribution in [0.15, 0.2) is 78.9 Å². The van der Waals surface area contributed by atoms with Gasteiger partial charge in [-0.15, -0.1) is 0 Å². The topological polar surface area (TPSA) is 96.8 Å². The molecule has 0 heterocycles. The smallest absolute Gasteiger partial charge is 0.364 e. The maximum Gasteiger partial charge on any atom is 0.364 e. The van der Waals surface area contributed by atoms with E-state index in [1.807, 2.05) is 36.4 Å². The van der Waals surface area contributed by atoms with E-state index in [-0.39, 0.29) is 32.9 Å². The summed E-state index contributed by atoms with van der Waals surface area (Å²) in [6.45, 7) is 6.51. The van der Waals surface area contributed by atoms with Gasteiger partial charge in [-0.1, -0.05) is 81.4 Å². The molecule has 1 atom stereocenters. The molecule has 1 aliphatic carbocycles. The minimum Gasteiger partial charge on any atom is -0.379 e. The van der Waals surface area contributed by atoms with Crippen LogP contribution in [0.2, 0.25) is 0 Å². The summed E-state index contributed by atoms with van der Waals surface area (Å²) < 4.78 is 31.8. The molecule has 6 nitrogen and oxygen atoms in total. The van der Waals surface area contributed by atoms with E-state index < -0.39 is 15.9 Å². The van der Waals surface area contributed by atoms with Gasteiger partial charge >= 0.3 is 15.8 Å². The minimum atomic E-state index is -4.32. The number of carbonyl (C=O) groups is 1. The van der Waals surface area contributed by atoms with Gasteiger partial charge in [-0.3, -0.25) is 4.79 Å². The van der Waals surface area contributed by atoms with Gasteiger partial charge in [0.05, 0.1) is 6.08 Å². The van der Waals surface area contributed by atoms with Crippen LogP contribution in [-0.4, -0.2) is 24.7 Å². The summed E-state index contributed by atoms with van der Waals surface area (Å²) >= 11 is 0. The number of hydrogen-bond donors (Lipinski definition) is 0. The summed E-state index contributed by atoms with van der Waals surface area (Å²) in [4.78, 5) is 15.1. The first-order valence-electron chi connectivity index (χ1n) is 11.2. The first kappa shape index (κ1) is 24.3. The fourth-order valence-corrected chi connectivity index (χ4v) is 5.76. The third kappa shape index (κ3) is 4.74. The first-order valence-corrected chi connectivity index (χ1v) is 12.7. The summed E-state index contributed by atoms with van der Waals surface area (Å²) in [5.74, 6) is 0.0121. The number of Topliss-reactive ketones (excluding diaryl/α,β-unsaturated/α-hetero) is 1. The number of carbonyl (C=O) groups excluding carboxylic acids is 1. The second-order valence-electron chi connectivity index (χ2n) is 9.15. The van der Waals surface area contributed by atoms with E-state index in [0.29, 0.717) is 5.92 Å². The van der Waals surface area contributed by atoms with Gasteiger partial charge in [0.15, 0.2) is 0 Å². The van der Waals surface area contributed by atoms with Crippen LogP contribution in [0.1, 0.15) is 54.2 Å². The number of allylic oxidation sites excluding steroid dienone is 1. The molecule has 35 heavy (non-hydrogen) atoms. The molecule has 7 heteroatoms. The van der Waals surface area contributed by atoms with E-state index in [4.69, 9.17) is 4.18 Å². The average molecular weight is 486 g/mol. The Morgan fingerprint density at radius 1 is 0.971 bits per heavy atom. The lowest BCUT2D eigenvalue weighted by atomic mass is 9.71. The van der Waals surface area contributed by atoms with Crippen molar-refractivity contribution in [3.05, 3.63) is 113 Å². The molecule has 0 saturated carbocycles. The highest BCUT2D eigenvalue weighted by Crippen LogP contribution is 2.39. The highest BCUT2D eigenvalue weighted by molar-refractivity contribution is 7.96. The average Bonchev–Trinajstić information content (AvgIpc) is 2.84. The second kappa shape index (κ2) is 9.45. The quantitative estimate of drug-likeness (QED) is 0.252. The molecule has 1 radical (unpaired) electrons. The van der Waals surface area contributed by atoms with Crippen molar-refractivity contribution in [1.29, 1.82) is 0 Å². The Hall–Kier alpha value is -3.80. The molecular formula is C28H25N2O4S. The van der Waals surface area contributed by atoms with Gasteiger partial charge in [-0.25, -0.2) is 0 Å². The van der Waals surface area contributed by atoms with Crippen molar-refractivity contribution in [2.24, 2.45) is 5.92 Å². The number of rotatable bonds is 7. The Kier molecular flexibility index (Phi) is 6.57. The lowest BCUT2D eigenvalue weighted by molar-refractivity contribution is -0.00437. The maximum absolute atomic E-state index is 13.2. The Balaban J connectivity index is 1.68. The zero-order chi connectivity index (χ0) is 25.2. The third-order valence-corrected chi connectivity index (χ3v) is 7.47. The van der Waals surface area contributed by atoms with Crippen molar-refractivity contribution in [2.45, 2.75) is 32.6 Å². The van der Waals surface area contributed by atoms with Gasteiger partial charge in [0.2, 0.25) is 0 Å². The van der Waals surface area contributed by atoms with Gasteiger partial charge in [0, 0.05) is 16.5 Å². The summed E-state index contributed by atoms with van der Waals surface area (Å²) in [6, 6.07) is 24.2. The molecule has 0 bridgehead atoms. The molecule has 0 N–H and O–H groups in total. The molecule has 0 saturated heterocycles. The summed E-state index contributed by atoms with van der Waals surface area (Å²) in [5, 5.41) is 0. The van der Waals surface area contributed by atoms with Gasteiger partial charge in [-0.2, -0.15) is 13.2 Å². The number of benzene rings is 3. The summed E-state index contributed by atoms with van der Waals surface area (Å²) in [7, 11) is -4.32. The number of nitrogens with zero attached hydrogens (tertiary/aromatic N) is 2. The fourth-order valence-electron chi connectivity index (χ4n) is 4.61.